The Balaban J connectivity index is 1.28. The second-order valence-corrected chi connectivity index (χ2v) is 14.8. The highest BCUT2D eigenvalue weighted by molar-refractivity contribution is 7.26. The number of Topliss-reactive ketones (excluding diaryl/α,β-unsaturated/α-hetero) is 2. The van der Waals surface area contributed by atoms with Gasteiger partial charge < -0.3 is 0 Å². The van der Waals surface area contributed by atoms with Crippen LogP contribution in [0.1, 0.15) is 80.6 Å². The zero-order chi connectivity index (χ0) is 36.6. The van der Waals surface area contributed by atoms with Crippen molar-refractivity contribution in [3.63, 3.8) is 0 Å². The second kappa shape index (κ2) is 11.9. The first-order valence-corrected chi connectivity index (χ1v) is 17.6. The summed E-state index contributed by atoms with van der Waals surface area (Å²) in [5, 5.41) is 20.4. The van der Waals surface area contributed by atoms with Crippen molar-refractivity contribution >= 4 is 66.8 Å². The van der Waals surface area contributed by atoms with Crippen LogP contribution in [0.3, 0.4) is 0 Å². The highest BCUT2D eigenvalue weighted by Crippen LogP contribution is 2.63. The average molecular weight is 725 g/mol. The molecule has 250 valence electrons. The van der Waals surface area contributed by atoms with E-state index in [1.165, 1.54) is 35.7 Å². The van der Waals surface area contributed by atoms with Gasteiger partial charge in [-0.2, -0.15) is 0 Å². The molecule has 4 aliphatic carbocycles. The zero-order valence-electron chi connectivity index (χ0n) is 26.9. The summed E-state index contributed by atoms with van der Waals surface area (Å²) in [6.07, 6.45) is 4.53. The van der Waals surface area contributed by atoms with Crippen LogP contribution >= 0.6 is 22.7 Å². The Kier molecular flexibility index (Phi) is 7.55. The van der Waals surface area contributed by atoms with Crippen molar-refractivity contribution in [1.82, 2.24) is 0 Å². The van der Waals surface area contributed by atoms with Crippen LogP contribution in [-0.4, -0.2) is 23.0 Å². The van der Waals surface area contributed by atoms with Gasteiger partial charge in [-0.3, -0.25) is 9.59 Å². The lowest BCUT2D eigenvalue weighted by Gasteiger charge is -2.34. The number of allylic oxidation sites excluding steroid dienone is 4. The molecule has 1 spiro atoms. The number of carbonyl (C=O) groups excluding carboxylic acids is 2. The standard InChI is InChI=1S/C39H19F3N6O2S2/c1-17-9-18-20(11-24(17)40)35(49)33(31(18)27(15-43)45-2)47-29-13-22-37(51-29)38-23(39(22)7-5-4-6-8-39)14-30(52-38)48-34-32(28(16-44)46-3)19-10-25(41)26(42)12-21(19)36(34)50/h9-14H,4-8H2,1H3/b31-27?,32-28+,47-33?,48-34?. The maximum absolute atomic E-state index is 14.6. The summed E-state index contributed by atoms with van der Waals surface area (Å²) in [7, 11) is 0. The molecule has 2 heterocycles. The molecule has 1 fully saturated rings. The van der Waals surface area contributed by atoms with E-state index in [0.717, 1.165) is 71.2 Å². The van der Waals surface area contributed by atoms with E-state index in [1.807, 2.05) is 18.2 Å². The molecule has 4 aliphatic rings. The van der Waals surface area contributed by atoms with Gasteiger partial charge in [0.25, 0.3) is 11.4 Å². The first-order chi connectivity index (χ1) is 25.0. The third kappa shape index (κ3) is 4.61. The number of fused-ring (bicyclic) bond motifs is 7. The van der Waals surface area contributed by atoms with Gasteiger partial charge in [-0.1, -0.05) is 19.3 Å². The molecule has 1 saturated carbocycles. The third-order valence-electron chi connectivity index (χ3n) is 10.0. The van der Waals surface area contributed by atoms with Gasteiger partial charge in [0.1, 0.15) is 27.2 Å². The number of thiophene rings is 2. The maximum Gasteiger partial charge on any atom is 0.271 e. The van der Waals surface area contributed by atoms with Crippen LogP contribution < -0.4 is 0 Å². The van der Waals surface area contributed by atoms with Crippen molar-refractivity contribution in [2.75, 3.05) is 0 Å². The van der Waals surface area contributed by atoms with Crippen LogP contribution in [0.4, 0.5) is 23.2 Å². The predicted molar refractivity (Wildman–Crippen MR) is 190 cm³/mol. The Morgan fingerprint density at radius 2 is 1.15 bits per heavy atom. The van der Waals surface area contributed by atoms with Crippen LogP contribution in [-0.2, 0) is 5.41 Å². The van der Waals surface area contributed by atoms with Gasteiger partial charge in [0.15, 0.2) is 11.6 Å². The Morgan fingerprint density at radius 1 is 0.712 bits per heavy atom. The number of hydrogen-bond donors (Lipinski definition) is 0. The van der Waals surface area contributed by atoms with Crippen molar-refractivity contribution in [1.29, 1.82) is 10.5 Å². The Bertz CT molecular complexity index is 2490. The molecule has 52 heavy (non-hydrogen) atoms. The molecular weight excluding hydrogens is 706 g/mol. The van der Waals surface area contributed by atoms with Gasteiger partial charge in [0, 0.05) is 27.7 Å². The van der Waals surface area contributed by atoms with Crippen molar-refractivity contribution in [3.8, 4) is 21.9 Å². The Labute approximate surface area is 302 Å². The van der Waals surface area contributed by atoms with E-state index in [4.69, 9.17) is 18.1 Å². The largest absolute Gasteiger partial charge is 0.287 e. The summed E-state index contributed by atoms with van der Waals surface area (Å²) in [4.78, 5) is 44.9. The van der Waals surface area contributed by atoms with Gasteiger partial charge in [-0.15, -0.1) is 22.7 Å². The van der Waals surface area contributed by atoms with Crippen molar-refractivity contribution < 1.29 is 22.8 Å². The second-order valence-electron chi connectivity index (χ2n) is 12.7. The molecule has 2 aromatic carbocycles. The lowest BCUT2D eigenvalue weighted by molar-refractivity contribution is 0.106. The fourth-order valence-corrected chi connectivity index (χ4v) is 10.1. The molecule has 0 aliphatic heterocycles. The topological polar surface area (TPSA) is 115 Å². The van der Waals surface area contributed by atoms with Gasteiger partial charge in [0.2, 0.25) is 11.6 Å². The average Bonchev–Trinajstić information content (AvgIpc) is 3.91. The fraction of sp³-hybridized carbons (Fsp3) is 0.179. The number of aryl methyl sites for hydroxylation is 1. The number of carbonyl (C=O) groups is 2. The highest BCUT2D eigenvalue weighted by atomic mass is 32.1. The van der Waals surface area contributed by atoms with Crippen molar-refractivity contribution in [2.24, 2.45) is 9.98 Å². The normalized spacial score (nSPS) is 19.8. The summed E-state index contributed by atoms with van der Waals surface area (Å²) < 4.78 is 43.1. The predicted octanol–water partition coefficient (Wildman–Crippen LogP) is 10.0. The molecule has 13 heteroatoms. The maximum atomic E-state index is 14.6. The smallest absolute Gasteiger partial charge is 0.271 e. The molecule has 8 rings (SSSR count). The van der Waals surface area contributed by atoms with Crippen LogP contribution in [0, 0.1) is 60.2 Å². The quantitative estimate of drug-likeness (QED) is 0.151. The first kappa shape index (κ1) is 32.9. The molecule has 4 aromatic rings. The summed E-state index contributed by atoms with van der Waals surface area (Å²) >= 11 is 2.61. The minimum absolute atomic E-state index is 0.0330. The molecule has 0 bridgehead atoms. The number of rotatable bonds is 2. The number of hydrogen-bond acceptors (Lipinski definition) is 8. The SMILES string of the molecule is [C-]#[N+]C(C#N)=C1C(=Nc2cc3c(s2)-c2sc(N=C4C(=O)c5cc(F)c(F)cc5/C4=C(/C#N)[N+]#[C-])cc2C32CCCCC2)C(=O)c2cc(F)c(C)cc21. The lowest BCUT2D eigenvalue weighted by atomic mass is 9.68. The van der Waals surface area contributed by atoms with Crippen LogP contribution in [0.5, 0.6) is 0 Å². The monoisotopic (exact) mass is 724 g/mol. The minimum atomic E-state index is -1.24. The van der Waals surface area contributed by atoms with Crippen LogP contribution in [0.15, 0.2) is 57.8 Å². The van der Waals surface area contributed by atoms with E-state index >= 15 is 0 Å². The molecule has 0 unspecified atom stereocenters. The van der Waals surface area contributed by atoms with Gasteiger partial charge in [0.05, 0.1) is 35.0 Å². The molecule has 0 atom stereocenters. The summed E-state index contributed by atoms with van der Waals surface area (Å²) in [5.41, 5.74) is 0.689. The molecule has 0 saturated heterocycles. The Morgan fingerprint density at radius 3 is 1.62 bits per heavy atom. The molecule has 0 radical (unpaired) electrons. The van der Waals surface area contributed by atoms with E-state index in [-0.39, 0.29) is 56.1 Å². The van der Waals surface area contributed by atoms with Gasteiger partial charge >= 0.3 is 0 Å². The van der Waals surface area contributed by atoms with E-state index in [2.05, 4.69) is 14.7 Å². The number of nitrogens with zero attached hydrogens (tertiary/aromatic N) is 6. The Hall–Kier alpha value is -6.25. The van der Waals surface area contributed by atoms with E-state index in [9.17, 15) is 33.3 Å². The van der Waals surface area contributed by atoms with Crippen LogP contribution in [0.25, 0.3) is 30.6 Å². The van der Waals surface area contributed by atoms with Crippen LogP contribution in [0.2, 0.25) is 0 Å². The molecule has 8 nitrogen and oxygen atoms in total. The summed E-state index contributed by atoms with van der Waals surface area (Å²) in [6.45, 7) is 16.7. The number of ketones is 2. The van der Waals surface area contributed by atoms with Gasteiger partial charge in [-0.05, 0) is 84.0 Å². The van der Waals surface area contributed by atoms with E-state index in [0.29, 0.717) is 10.0 Å². The minimum Gasteiger partial charge on any atom is -0.287 e. The number of benzene rings is 2. The molecule has 0 amide bonds. The van der Waals surface area contributed by atoms with E-state index in [1.54, 1.807) is 6.07 Å². The highest BCUT2D eigenvalue weighted by Gasteiger charge is 2.47. The third-order valence-corrected chi connectivity index (χ3v) is 12.2. The first-order valence-electron chi connectivity index (χ1n) is 15.9. The van der Waals surface area contributed by atoms with E-state index < -0.39 is 40.1 Å². The number of halogens is 3. The summed E-state index contributed by atoms with van der Waals surface area (Å²) in [5.74, 6) is -4.36. The fourth-order valence-electron chi connectivity index (χ4n) is 7.70. The zero-order valence-corrected chi connectivity index (χ0v) is 28.6. The van der Waals surface area contributed by atoms with Crippen molar-refractivity contribution in [3.05, 3.63) is 127 Å². The van der Waals surface area contributed by atoms with Gasteiger partial charge in [-0.25, -0.2) is 43.4 Å². The van der Waals surface area contributed by atoms with Crippen molar-refractivity contribution in [2.45, 2.75) is 44.4 Å². The molecule has 0 N–H and O–H groups in total. The summed E-state index contributed by atoms with van der Waals surface area (Å²) in [6, 6.07) is 11.6. The molecule has 2 aromatic heterocycles. The lowest BCUT2D eigenvalue weighted by Crippen LogP contribution is -2.27. The number of aliphatic imine (C=N–C) groups is 2. The molecular formula is C39H19F3N6O2S2. The number of nitriles is 2.